The van der Waals surface area contributed by atoms with Gasteiger partial charge in [-0.05, 0) is 44.4 Å². The van der Waals surface area contributed by atoms with Gasteiger partial charge in [-0.1, -0.05) is 11.1 Å². The van der Waals surface area contributed by atoms with Crippen LogP contribution >= 0.6 is 0 Å². The third kappa shape index (κ3) is 0.576. The predicted octanol–water partition coefficient (Wildman–Crippen LogP) is 1.97. The third-order valence-electron chi connectivity index (χ3n) is 4.30. The predicted molar refractivity (Wildman–Crippen MR) is 47.6 cm³/mol. The summed E-state index contributed by atoms with van der Waals surface area (Å²) in [6.45, 7) is 4.41. The second-order valence-electron chi connectivity index (χ2n) is 4.97. The van der Waals surface area contributed by atoms with Crippen molar-refractivity contribution < 1.29 is 5.11 Å². The standard InChI is InChI=1S/C11H16O/c1-5(2)9-7-3-6-4-8(7)11(12)10(6)9/h6-8,10-12H,3-4H2,1-2H3. The van der Waals surface area contributed by atoms with Crippen molar-refractivity contribution >= 4 is 0 Å². The Morgan fingerprint density at radius 3 is 2.42 bits per heavy atom. The molecule has 0 amide bonds. The Kier molecular flexibility index (Phi) is 1.16. The highest BCUT2D eigenvalue weighted by atomic mass is 16.3. The fourth-order valence-electron chi connectivity index (χ4n) is 4.07. The molecule has 4 aliphatic carbocycles. The van der Waals surface area contributed by atoms with Gasteiger partial charge in [0.15, 0.2) is 0 Å². The maximum Gasteiger partial charge on any atom is 0.0642 e. The Hall–Kier alpha value is -0.300. The highest BCUT2D eigenvalue weighted by Crippen LogP contribution is 2.66. The Morgan fingerprint density at radius 2 is 2.08 bits per heavy atom. The average Bonchev–Trinajstić information content (AvgIpc) is 2.64. The molecular weight excluding hydrogens is 148 g/mol. The molecule has 5 unspecified atom stereocenters. The first-order chi connectivity index (χ1) is 5.70. The first-order valence-electron chi connectivity index (χ1n) is 5.05. The molecule has 4 bridgehead atoms. The molecular formula is C11H16O. The van der Waals surface area contributed by atoms with Gasteiger partial charge in [-0.3, -0.25) is 0 Å². The number of rotatable bonds is 0. The van der Waals surface area contributed by atoms with Crippen molar-refractivity contribution in [3.05, 3.63) is 11.1 Å². The van der Waals surface area contributed by atoms with Gasteiger partial charge in [-0.2, -0.15) is 0 Å². The van der Waals surface area contributed by atoms with Crippen LogP contribution in [0.25, 0.3) is 0 Å². The topological polar surface area (TPSA) is 20.2 Å². The minimum absolute atomic E-state index is 0.0265. The molecule has 0 aromatic carbocycles. The van der Waals surface area contributed by atoms with Gasteiger partial charge in [0.05, 0.1) is 6.10 Å². The lowest BCUT2D eigenvalue weighted by molar-refractivity contribution is 0.103. The molecule has 0 radical (unpaired) electrons. The Labute approximate surface area is 73.5 Å². The van der Waals surface area contributed by atoms with Crippen LogP contribution in [0.1, 0.15) is 26.7 Å². The molecule has 1 nitrogen and oxygen atoms in total. The lowest BCUT2D eigenvalue weighted by atomic mass is 9.92. The van der Waals surface area contributed by atoms with Gasteiger partial charge in [-0.25, -0.2) is 0 Å². The summed E-state index contributed by atoms with van der Waals surface area (Å²) in [5.41, 5.74) is 3.11. The molecule has 4 rings (SSSR count). The fourth-order valence-corrected chi connectivity index (χ4v) is 4.07. The molecule has 4 fully saturated rings. The summed E-state index contributed by atoms with van der Waals surface area (Å²) < 4.78 is 0. The van der Waals surface area contributed by atoms with E-state index in [0.717, 1.165) is 11.8 Å². The van der Waals surface area contributed by atoms with Gasteiger partial charge in [0, 0.05) is 5.92 Å². The van der Waals surface area contributed by atoms with Crippen LogP contribution in [0.15, 0.2) is 11.1 Å². The first kappa shape index (κ1) is 7.14. The van der Waals surface area contributed by atoms with E-state index in [2.05, 4.69) is 13.8 Å². The molecule has 12 heavy (non-hydrogen) atoms. The van der Waals surface area contributed by atoms with Crippen molar-refractivity contribution in [3.63, 3.8) is 0 Å². The van der Waals surface area contributed by atoms with Crippen LogP contribution in [0.2, 0.25) is 0 Å². The molecule has 0 aromatic rings. The van der Waals surface area contributed by atoms with Crippen molar-refractivity contribution in [2.24, 2.45) is 23.7 Å². The van der Waals surface area contributed by atoms with E-state index in [4.69, 9.17) is 0 Å². The van der Waals surface area contributed by atoms with Crippen molar-refractivity contribution in [1.82, 2.24) is 0 Å². The van der Waals surface area contributed by atoms with E-state index in [1.54, 1.807) is 5.57 Å². The minimum atomic E-state index is 0.0265. The van der Waals surface area contributed by atoms with Gasteiger partial charge < -0.3 is 5.11 Å². The van der Waals surface area contributed by atoms with E-state index in [9.17, 15) is 5.11 Å². The Morgan fingerprint density at radius 1 is 1.33 bits per heavy atom. The monoisotopic (exact) mass is 164 g/mol. The highest BCUT2D eigenvalue weighted by Gasteiger charge is 2.62. The van der Waals surface area contributed by atoms with Gasteiger partial charge in [0.25, 0.3) is 0 Å². The molecule has 0 aromatic heterocycles. The van der Waals surface area contributed by atoms with Crippen molar-refractivity contribution in [2.45, 2.75) is 32.8 Å². The zero-order valence-corrected chi connectivity index (χ0v) is 7.75. The first-order valence-corrected chi connectivity index (χ1v) is 5.05. The van der Waals surface area contributed by atoms with Crippen LogP contribution in [-0.2, 0) is 0 Å². The molecule has 0 heterocycles. The van der Waals surface area contributed by atoms with Crippen LogP contribution in [0, 0.1) is 23.7 Å². The zero-order chi connectivity index (χ0) is 8.46. The van der Waals surface area contributed by atoms with Crippen LogP contribution in [0.4, 0.5) is 0 Å². The highest BCUT2D eigenvalue weighted by molar-refractivity contribution is 5.34. The molecule has 0 spiro atoms. The molecule has 0 saturated heterocycles. The molecule has 0 aliphatic heterocycles. The Balaban J connectivity index is 2.11. The van der Waals surface area contributed by atoms with E-state index in [1.807, 2.05) is 0 Å². The van der Waals surface area contributed by atoms with Gasteiger partial charge in [-0.15, -0.1) is 0 Å². The second-order valence-corrected chi connectivity index (χ2v) is 4.97. The Bertz CT molecular complexity index is 260. The van der Waals surface area contributed by atoms with Gasteiger partial charge >= 0.3 is 0 Å². The summed E-state index contributed by atoms with van der Waals surface area (Å²) >= 11 is 0. The second kappa shape index (κ2) is 1.95. The van der Waals surface area contributed by atoms with Gasteiger partial charge in [0.2, 0.25) is 0 Å². The molecule has 5 atom stereocenters. The molecule has 1 N–H and O–H groups in total. The summed E-state index contributed by atoms with van der Waals surface area (Å²) in [7, 11) is 0. The molecule has 4 saturated carbocycles. The average molecular weight is 164 g/mol. The number of hydrogen-bond acceptors (Lipinski definition) is 1. The van der Waals surface area contributed by atoms with Crippen LogP contribution in [-0.4, -0.2) is 11.2 Å². The number of hydrogen-bond donors (Lipinski definition) is 1. The maximum absolute atomic E-state index is 9.91. The van der Waals surface area contributed by atoms with Crippen molar-refractivity contribution in [3.8, 4) is 0 Å². The van der Waals surface area contributed by atoms with E-state index < -0.39 is 0 Å². The lowest BCUT2D eigenvalue weighted by Gasteiger charge is -2.14. The van der Waals surface area contributed by atoms with E-state index in [-0.39, 0.29) is 6.10 Å². The summed E-state index contributed by atoms with van der Waals surface area (Å²) in [5.74, 6) is 2.84. The molecule has 4 aliphatic rings. The fraction of sp³-hybridized carbons (Fsp3) is 0.818. The van der Waals surface area contributed by atoms with Crippen molar-refractivity contribution in [1.29, 1.82) is 0 Å². The quantitative estimate of drug-likeness (QED) is 0.543. The number of aliphatic hydroxyl groups excluding tert-OH is 1. The van der Waals surface area contributed by atoms with E-state index in [0.29, 0.717) is 11.8 Å². The largest absolute Gasteiger partial charge is 0.392 e. The smallest absolute Gasteiger partial charge is 0.0642 e. The summed E-state index contributed by atoms with van der Waals surface area (Å²) in [5, 5.41) is 9.91. The maximum atomic E-state index is 9.91. The minimum Gasteiger partial charge on any atom is -0.392 e. The normalized spacial score (nSPS) is 54.2. The van der Waals surface area contributed by atoms with Crippen LogP contribution < -0.4 is 0 Å². The van der Waals surface area contributed by atoms with E-state index >= 15 is 0 Å². The zero-order valence-electron chi connectivity index (χ0n) is 7.75. The van der Waals surface area contributed by atoms with Crippen molar-refractivity contribution in [2.75, 3.05) is 0 Å². The number of allylic oxidation sites excluding steroid dienone is 1. The summed E-state index contributed by atoms with van der Waals surface area (Å²) in [4.78, 5) is 0. The summed E-state index contributed by atoms with van der Waals surface area (Å²) in [6, 6.07) is 0. The van der Waals surface area contributed by atoms with Crippen LogP contribution in [0.5, 0.6) is 0 Å². The molecule has 1 heteroatoms. The SMILES string of the molecule is CC(C)=C1C2CC3CC2C(O)C13. The number of aliphatic hydroxyl groups is 1. The lowest BCUT2D eigenvalue weighted by Crippen LogP contribution is -2.18. The third-order valence-corrected chi connectivity index (χ3v) is 4.30. The van der Waals surface area contributed by atoms with E-state index in [1.165, 1.54) is 18.4 Å². The van der Waals surface area contributed by atoms with Gasteiger partial charge in [0.1, 0.15) is 0 Å². The van der Waals surface area contributed by atoms with Crippen LogP contribution in [0.3, 0.4) is 0 Å². The molecule has 66 valence electrons. The summed E-state index contributed by atoms with van der Waals surface area (Å²) in [6.07, 6.45) is 2.72.